The normalized spacial score (nSPS) is 41.0. The molecule has 2 rings (SSSR count). The first-order chi connectivity index (χ1) is 12.1. The molecule has 1 saturated heterocycles. The van der Waals surface area contributed by atoms with Crippen LogP contribution in [-0.2, 0) is 9.53 Å². The Morgan fingerprint density at radius 3 is 2.54 bits per heavy atom. The highest BCUT2D eigenvalue weighted by Gasteiger charge is 2.59. The van der Waals surface area contributed by atoms with E-state index in [1.165, 1.54) is 0 Å². The van der Waals surface area contributed by atoms with Gasteiger partial charge in [0, 0.05) is 6.42 Å². The standard InChI is InChI=1S/C20H34O6/c1-5-7-12(3)15-8-19(15,4)18(24)13(10-21)17(23)14-11-26-20(25,6-2)9-16(14)22/h5,7,12-16,18,21-22,24-25H,6,8-11H2,1-4H3/b7-5-/t12-,13-,14-,15+,16-,18-,19?,20?/m0/s1. The molecule has 1 aliphatic carbocycles. The quantitative estimate of drug-likeness (QED) is 0.479. The molecule has 0 amide bonds. The summed E-state index contributed by atoms with van der Waals surface area (Å²) in [5.74, 6) is -3.07. The molecule has 1 saturated carbocycles. The Hall–Kier alpha value is -0.790. The van der Waals surface area contributed by atoms with Gasteiger partial charge in [0.1, 0.15) is 5.78 Å². The minimum Gasteiger partial charge on any atom is -0.396 e. The van der Waals surface area contributed by atoms with Crippen molar-refractivity contribution in [1.29, 1.82) is 0 Å². The molecular weight excluding hydrogens is 336 g/mol. The molecule has 1 heterocycles. The van der Waals surface area contributed by atoms with Gasteiger partial charge in [-0.2, -0.15) is 0 Å². The van der Waals surface area contributed by atoms with Crippen molar-refractivity contribution in [3.63, 3.8) is 0 Å². The van der Waals surface area contributed by atoms with Crippen LogP contribution in [0.2, 0.25) is 0 Å². The smallest absolute Gasteiger partial charge is 0.167 e. The van der Waals surface area contributed by atoms with Crippen molar-refractivity contribution in [3.8, 4) is 0 Å². The summed E-state index contributed by atoms with van der Waals surface area (Å²) in [6, 6.07) is 0. The Balaban J connectivity index is 2.07. The molecule has 2 fully saturated rings. The predicted molar refractivity (Wildman–Crippen MR) is 97.1 cm³/mol. The van der Waals surface area contributed by atoms with Gasteiger partial charge in [0.25, 0.3) is 0 Å². The maximum absolute atomic E-state index is 12.9. The van der Waals surface area contributed by atoms with E-state index < -0.39 is 47.6 Å². The van der Waals surface area contributed by atoms with E-state index in [0.29, 0.717) is 6.42 Å². The van der Waals surface area contributed by atoms with Crippen molar-refractivity contribution in [3.05, 3.63) is 12.2 Å². The molecule has 8 atom stereocenters. The van der Waals surface area contributed by atoms with Gasteiger partial charge in [0.05, 0.1) is 37.3 Å². The topological polar surface area (TPSA) is 107 Å². The van der Waals surface area contributed by atoms with Crippen LogP contribution in [0.15, 0.2) is 12.2 Å². The number of ketones is 1. The zero-order valence-electron chi connectivity index (χ0n) is 16.3. The van der Waals surface area contributed by atoms with Gasteiger partial charge in [-0.15, -0.1) is 0 Å². The molecule has 0 aromatic carbocycles. The zero-order chi connectivity index (χ0) is 19.7. The lowest BCUT2D eigenvalue weighted by Crippen LogP contribution is -2.52. The second-order valence-corrected chi connectivity index (χ2v) is 8.33. The van der Waals surface area contributed by atoms with Gasteiger partial charge in [0.15, 0.2) is 5.79 Å². The van der Waals surface area contributed by atoms with Crippen molar-refractivity contribution in [2.24, 2.45) is 29.1 Å². The molecular formula is C20H34O6. The Morgan fingerprint density at radius 1 is 1.38 bits per heavy atom. The van der Waals surface area contributed by atoms with Gasteiger partial charge < -0.3 is 25.2 Å². The highest BCUT2D eigenvalue weighted by atomic mass is 16.6. The van der Waals surface area contributed by atoms with Crippen LogP contribution in [0.25, 0.3) is 0 Å². The average molecular weight is 370 g/mol. The number of aliphatic hydroxyl groups is 4. The molecule has 150 valence electrons. The summed E-state index contributed by atoms with van der Waals surface area (Å²) >= 11 is 0. The first-order valence-corrected chi connectivity index (χ1v) is 9.63. The monoisotopic (exact) mass is 370 g/mol. The number of hydrogen-bond acceptors (Lipinski definition) is 6. The van der Waals surface area contributed by atoms with Gasteiger partial charge in [-0.05, 0) is 37.0 Å². The minimum absolute atomic E-state index is 0.0492. The van der Waals surface area contributed by atoms with Crippen LogP contribution >= 0.6 is 0 Å². The first kappa shape index (κ1) is 21.5. The summed E-state index contributed by atoms with van der Waals surface area (Å²) in [6.45, 7) is 7.15. The van der Waals surface area contributed by atoms with Gasteiger partial charge in [-0.25, -0.2) is 0 Å². The van der Waals surface area contributed by atoms with Crippen LogP contribution in [0.5, 0.6) is 0 Å². The molecule has 0 aromatic rings. The lowest BCUT2D eigenvalue weighted by Gasteiger charge is -2.40. The third-order valence-electron chi connectivity index (χ3n) is 6.54. The fourth-order valence-electron chi connectivity index (χ4n) is 4.46. The summed E-state index contributed by atoms with van der Waals surface area (Å²) in [4.78, 5) is 12.9. The van der Waals surface area contributed by atoms with E-state index in [1.54, 1.807) is 6.92 Å². The summed E-state index contributed by atoms with van der Waals surface area (Å²) in [5, 5.41) is 41.1. The molecule has 6 heteroatoms. The predicted octanol–water partition coefficient (Wildman–Crippen LogP) is 1.26. The number of ether oxygens (including phenoxy) is 1. The van der Waals surface area contributed by atoms with E-state index in [9.17, 15) is 25.2 Å². The summed E-state index contributed by atoms with van der Waals surface area (Å²) in [6.07, 6.45) is 3.11. The van der Waals surface area contributed by atoms with Crippen LogP contribution in [0.1, 0.15) is 47.0 Å². The van der Waals surface area contributed by atoms with Gasteiger partial charge >= 0.3 is 0 Å². The molecule has 6 nitrogen and oxygen atoms in total. The van der Waals surface area contributed by atoms with Crippen molar-refractivity contribution in [1.82, 2.24) is 0 Å². The Kier molecular flexibility index (Phi) is 6.67. The van der Waals surface area contributed by atoms with E-state index in [1.807, 2.05) is 19.9 Å². The van der Waals surface area contributed by atoms with Crippen LogP contribution in [-0.4, -0.2) is 57.4 Å². The van der Waals surface area contributed by atoms with Crippen molar-refractivity contribution < 1.29 is 30.0 Å². The zero-order valence-corrected chi connectivity index (χ0v) is 16.3. The Bertz CT molecular complexity index is 534. The van der Waals surface area contributed by atoms with Gasteiger partial charge in [-0.1, -0.05) is 32.9 Å². The van der Waals surface area contributed by atoms with Crippen molar-refractivity contribution in [2.45, 2.75) is 65.0 Å². The van der Waals surface area contributed by atoms with E-state index in [0.717, 1.165) is 6.42 Å². The molecule has 0 aromatic heterocycles. The average Bonchev–Trinajstić information content (AvgIpc) is 3.29. The van der Waals surface area contributed by atoms with Gasteiger partial charge in [-0.3, -0.25) is 4.79 Å². The number of aliphatic hydroxyl groups excluding tert-OH is 3. The third kappa shape index (κ3) is 4.04. The second-order valence-electron chi connectivity index (χ2n) is 8.33. The number of hydrogen-bond donors (Lipinski definition) is 4. The lowest BCUT2D eigenvalue weighted by atomic mass is 9.77. The maximum atomic E-state index is 12.9. The Labute approximate surface area is 155 Å². The molecule has 4 N–H and O–H groups in total. The summed E-state index contributed by atoms with van der Waals surface area (Å²) < 4.78 is 5.39. The number of carbonyl (C=O) groups excluding carboxylic acids is 1. The molecule has 0 radical (unpaired) electrons. The number of allylic oxidation sites excluding steroid dienone is 2. The highest BCUT2D eigenvalue weighted by Crippen LogP contribution is 2.60. The fraction of sp³-hybridized carbons (Fsp3) is 0.850. The second kappa shape index (κ2) is 8.07. The first-order valence-electron chi connectivity index (χ1n) is 9.63. The number of carbonyl (C=O) groups is 1. The minimum atomic E-state index is -1.42. The molecule has 26 heavy (non-hydrogen) atoms. The van der Waals surface area contributed by atoms with Crippen LogP contribution < -0.4 is 0 Å². The van der Waals surface area contributed by atoms with Crippen molar-refractivity contribution in [2.75, 3.05) is 13.2 Å². The summed E-state index contributed by atoms with van der Waals surface area (Å²) in [5.41, 5.74) is -0.424. The van der Waals surface area contributed by atoms with Crippen LogP contribution in [0, 0.1) is 29.1 Å². The van der Waals surface area contributed by atoms with Crippen LogP contribution in [0.3, 0.4) is 0 Å². The molecule has 1 aliphatic heterocycles. The van der Waals surface area contributed by atoms with Crippen molar-refractivity contribution >= 4 is 5.78 Å². The largest absolute Gasteiger partial charge is 0.396 e. The highest BCUT2D eigenvalue weighted by molar-refractivity contribution is 5.85. The van der Waals surface area contributed by atoms with Crippen LogP contribution in [0.4, 0.5) is 0 Å². The molecule has 2 unspecified atom stereocenters. The lowest BCUT2D eigenvalue weighted by molar-refractivity contribution is -0.258. The van der Waals surface area contributed by atoms with E-state index in [2.05, 4.69) is 13.0 Å². The third-order valence-corrected chi connectivity index (χ3v) is 6.54. The summed E-state index contributed by atoms with van der Waals surface area (Å²) in [7, 11) is 0. The number of Topliss-reactive ketones (excluding diaryl/α,β-unsaturated/α-hetero) is 1. The maximum Gasteiger partial charge on any atom is 0.167 e. The molecule has 2 aliphatic rings. The Morgan fingerprint density at radius 2 is 2.04 bits per heavy atom. The van der Waals surface area contributed by atoms with E-state index in [4.69, 9.17) is 4.74 Å². The molecule has 0 bridgehead atoms. The van der Waals surface area contributed by atoms with Gasteiger partial charge in [0.2, 0.25) is 0 Å². The van der Waals surface area contributed by atoms with E-state index >= 15 is 0 Å². The SMILES string of the molecule is C/C=C\[C@H](C)[C@H]1CC1(C)[C@@H](O)[C@@H](CO)C(=O)[C@H]1COC(O)(CC)C[C@@H]1O. The number of rotatable bonds is 8. The fourth-order valence-corrected chi connectivity index (χ4v) is 4.46. The molecule has 0 spiro atoms. The van der Waals surface area contributed by atoms with E-state index in [-0.39, 0.29) is 24.9 Å².